The number of hydrogen-bond donors (Lipinski definition) is 1. The highest BCUT2D eigenvalue weighted by Gasteiger charge is 2.30. The predicted octanol–water partition coefficient (Wildman–Crippen LogP) is 1.14. The minimum Gasteiger partial charge on any atom is -0.366 e. The molecule has 5 nitrogen and oxygen atoms in total. The van der Waals surface area contributed by atoms with E-state index in [1.807, 2.05) is 13.8 Å². The summed E-state index contributed by atoms with van der Waals surface area (Å²) < 4.78 is 0. The fourth-order valence-corrected chi connectivity index (χ4v) is 1.61. The van der Waals surface area contributed by atoms with Crippen molar-refractivity contribution in [2.75, 3.05) is 5.01 Å². The van der Waals surface area contributed by atoms with E-state index in [0.29, 0.717) is 11.3 Å². The van der Waals surface area contributed by atoms with Crippen molar-refractivity contribution in [3.8, 4) is 0 Å². The zero-order valence-corrected chi connectivity index (χ0v) is 9.68. The van der Waals surface area contributed by atoms with Crippen LogP contribution in [-0.4, -0.2) is 17.5 Å². The highest BCUT2D eigenvalue weighted by atomic mass is 16.2. The lowest BCUT2D eigenvalue weighted by molar-refractivity contribution is -0.119. The van der Waals surface area contributed by atoms with Crippen LogP contribution in [0.4, 0.5) is 5.69 Å². The van der Waals surface area contributed by atoms with Crippen molar-refractivity contribution in [3.63, 3.8) is 0 Å². The maximum Gasteiger partial charge on any atom is 0.255 e. The third-order valence-corrected chi connectivity index (χ3v) is 2.86. The molecule has 1 aliphatic rings. The van der Waals surface area contributed by atoms with Gasteiger partial charge in [0.25, 0.3) is 5.91 Å². The lowest BCUT2D eigenvalue weighted by Crippen LogP contribution is -2.25. The van der Waals surface area contributed by atoms with Gasteiger partial charge < -0.3 is 5.73 Å². The van der Waals surface area contributed by atoms with Gasteiger partial charge >= 0.3 is 0 Å². The van der Waals surface area contributed by atoms with Crippen LogP contribution in [0.3, 0.4) is 0 Å². The number of nitrogens with zero attached hydrogens (tertiary/aromatic N) is 2. The molecule has 2 rings (SSSR count). The van der Waals surface area contributed by atoms with Gasteiger partial charge in [0.1, 0.15) is 0 Å². The van der Waals surface area contributed by atoms with Crippen molar-refractivity contribution in [3.05, 3.63) is 29.8 Å². The molecule has 0 saturated carbocycles. The largest absolute Gasteiger partial charge is 0.366 e. The Balaban J connectivity index is 2.30. The third kappa shape index (κ3) is 1.91. The molecule has 0 bridgehead atoms. The van der Waals surface area contributed by atoms with Crippen LogP contribution in [0.25, 0.3) is 0 Å². The molecule has 1 aromatic carbocycles. The molecular formula is C12H13N3O2. The number of benzene rings is 1. The highest BCUT2D eigenvalue weighted by molar-refractivity contribution is 6.14. The fourth-order valence-electron chi connectivity index (χ4n) is 1.61. The standard InChI is InChI=1S/C12H13N3O2/c1-7-8(2)14-15(12(7)17)10-5-3-9(4-6-10)11(13)16/h3-7H,1-2H3,(H2,13,16). The fraction of sp³-hybridized carbons (Fsp3) is 0.250. The maximum atomic E-state index is 11.9. The number of carbonyl (C=O) groups is 2. The lowest BCUT2D eigenvalue weighted by atomic mass is 10.1. The van der Waals surface area contributed by atoms with Crippen LogP contribution in [0.5, 0.6) is 0 Å². The second-order valence-electron chi connectivity index (χ2n) is 4.02. The molecule has 0 saturated heterocycles. The summed E-state index contributed by atoms with van der Waals surface area (Å²) >= 11 is 0. The highest BCUT2D eigenvalue weighted by Crippen LogP contribution is 2.23. The van der Waals surface area contributed by atoms with Crippen LogP contribution < -0.4 is 10.7 Å². The molecule has 1 aliphatic heterocycles. The van der Waals surface area contributed by atoms with E-state index in [9.17, 15) is 9.59 Å². The number of primary amides is 1. The monoisotopic (exact) mass is 231 g/mol. The predicted molar refractivity (Wildman–Crippen MR) is 64.7 cm³/mol. The Kier molecular flexibility index (Phi) is 2.67. The Bertz CT molecular complexity index is 505. The summed E-state index contributed by atoms with van der Waals surface area (Å²) in [5, 5.41) is 5.53. The number of hydrogen-bond acceptors (Lipinski definition) is 3. The smallest absolute Gasteiger partial charge is 0.255 e. The van der Waals surface area contributed by atoms with Crippen molar-refractivity contribution in [1.82, 2.24) is 0 Å². The van der Waals surface area contributed by atoms with E-state index >= 15 is 0 Å². The Hall–Kier alpha value is -2.17. The molecule has 1 atom stereocenters. The summed E-state index contributed by atoms with van der Waals surface area (Å²) in [6, 6.07) is 6.48. The second-order valence-corrected chi connectivity index (χ2v) is 4.02. The summed E-state index contributed by atoms with van der Waals surface area (Å²) in [6.07, 6.45) is 0. The van der Waals surface area contributed by atoms with Crippen LogP contribution in [0.15, 0.2) is 29.4 Å². The van der Waals surface area contributed by atoms with E-state index in [4.69, 9.17) is 5.73 Å². The SMILES string of the molecule is CC1=NN(c2ccc(C(N)=O)cc2)C(=O)C1C. The number of anilines is 1. The zero-order valence-electron chi connectivity index (χ0n) is 9.68. The first kappa shape index (κ1) is 11.3. The molecule has 1 aromatic rings. The van der Waals surface area contributed by atoms with Gasteiger partial charge in [-0.1, -0.05) is 0 Å². The van der Waals surface area contributed by atoms with Crippen molar-refractivity contribution < 1.29 is 9.59 Å². The van der Waals surface area contributed by atoms with Gasteiger partial charge in [-0.05, 0) is 38.1 Å². The molecule has 17 heavy (non-hydrogen) atoms. The number of carbonyl (C=O) groups excluding carboxylic acids is 2. The molecule has 0 fully saturated rings. The Morgan fingerprint density at radius 3 is 2.35 bits per heavy atom. The zero-order chi connectivity index (χ0) is 12.6. The molecular weight excluding hydrogens is 218 g/mol. The minimum absolute atomic E-state index is 0.0608. The van der Waals surface area contributed by atoms with Crippen molar-refractivity contribution in [2.24, 2.45) is 16.8 Å². The summed E-state index contributed by atoms with van der Waals surface area (Å²) in [6.45, 7) is 3.64. The third-order valence-electron chi connectivity index (χ3n) is 2.86. The lowest BCUT2D eigenvalue weighted by Gasteiger charge is -2.12. The van der Waals surface area contributed by atoms with E-state index in [1.54, 1.807) is 24.3 Å². The van der Waals surface area contributed by atoms with E-state index in [-0.39, 0.29) is 11.8 Å². The molecule has 1 heterocycles. The van der Waals surface area contributed by atoms with Gasteiger partial charge in [-0.3, -0.25) is 9.59 Å². The molecule has 0 aromatic heterocycles. The summed E-state index contributed by atoms with van der Waals surface area (Å²) in [5.74, 6) is -0.738. The average molecular weight is 231 g/mol. The van der Waals surface area contributed by atoms with E-state index in [1.165, 1.54) is 5.01 Å². The molecule has 0 spiro atoms. The van der Waals surface area contributed by atoms with Crippen molar-refractivity contribution in [1.29, 1.82) is 0 Å². The van der Waals surface area contributed by atoms with Crippen molar-refractivity contribution in [2.45, 2.75) is 13.8 Å². The van der Waals surface area contributed by atoms with E-state index in [2.05, 4.69) is 5.10 Å². The van der Waals surface area contributed by atoms with Crippen LogP contribution in [0.1, 0.15) is 24.2 Å². The van der Waals surface area contributed by atoms with Crippen LogP contribution in [0.2, 0.25) is 0 Å². The number of hydrazone groups is 1. The minimum atomic E-state index is -0.489. The number of rotatable bonds is 2. The number of nitrogens with two attached hydrogens (primary N) is 1. The molecule has 2 amide bonds. The van der Waals surface area contributed by atoms with Gasteiger partial charge in [0.15, 0.2) is 0 Å². The van der Waals surface area contributed by atoms with Gasteiger partial charge in [-0.15, -0.1) is 0 Å². The van der Waals surface area contributed by atoms with Gasteiger partial charge in [0, 0.05) is 11.3 Å². The van der Waals surface area contributed by atoms with Gasteiger partial charge in [0.05, 0.1) is 11.6 Å². The van der Waals surface area contributed by atoms with Crippen LogP contribution in [-0.2, 0) is 4.79 Å². The summed E-state index contributed by atoms with van der Waals surface area (Å²) in [7, 11) is 0. The molecule has 88 valence electrons. The van der Waals surface area contributed by atoms with Crippen molar-refractivity contribution >= 4 is 23.2 Å². The summed E-state index contributed by atoms with van der Waals surface area (Å²) in [4.78, 5) is 22.8. The van der Waals surface area contributed by atoms with Gasteiger partial charge in [-0.2, -0.15) is 5.10 Å². The maximum absolute atomic E-state index is 11.9. The first-order valence-electron chi connectivity index (χ1n) is 5.29. The first-order chi connectivity index (χ1) is 8.00. The Labute approximate surface area is 98.9 Å². The molecule has 0 radical (unpaired) electrons. The first-order valence-corrected chi connectivity index (χ1v) is 5.29. The Morgan fingerprint density at radius 2 is 1.94 bits per heavy atom. The number of amides is 2. The normalized spacial score (nSPS) is 19.4. The van der Waals surface area contributed by atoms with E-state index < -0.39 is 5.91 Å². The topological polar surface area (TPSA) is 75.8 Å². The van der Waals surface area contributed by atoms with Crippen LogP contribution in [0, 0.1) is 5.92 Å². The Morgan fingerprint density at radius 1 is 1.35 bits per heavy atom. The molecule has 2 N–H and O–H groups in total. The molecule has 5 heteroatoms. The van der Waals surface area contributed by atoms with E-state index in [0.717, 1.165) is 5.71 Å². The quantitative estimate of drug-likeness (QED) is 0.828. The molecule has 0 aliphatic carbocycles. The second kappa shape index (κ2) is 4.01. The molecule has 1 unspecified atom stereocenters. The average Bonchev–Trinajstić information content (AvgIpc) is 2.57. The van der Waals surface area contributed by atoms with Gasteiger partial charge in [-0.25, -0.2) is 5.01 Å². The van der Waals surface area contributed by atoms with Gasteiger partial charge in [0.2, 0.25) is 5.91 Å². The summed E-state index contributed by atoms with van der Waals surface area (Å²) in [5.41, 5.74) is 6.98. The van der Waals surface area contributed by atoms with Crippen LogP contribution >= 0.6 is 0 Å².